The SMILES string of the molecule is CCCC1(CNCc2ccc(Br)cn2)CC1. The van der Waals surface area contributed by atoms with Gasteiger partial charge in [0.2, 0.25) is 0 Å². The van der Waals surface area contributed by atoms with Crippen molar-refractivity contribution >= 4 is 15.9 Å². The van der Waals surface area contributed by atoms with Crippen LogP contribution in [0.15, 0.2) is 22.8 Å². The zero-order valence-corrected chi connectivity index (χ0v) is 11.4. The molecule has 0 saturated heterocycles. The Labute approximate surface area is 106 Å². The zero-order valence-electron chi connectivity index (χ0n) is 9.80. The Bertz CT molecular complexity index is 330. The van der Waals surface area contributed by atoms with Gasteiger partial charge in [0, 0.05) is 23.8 Å². The Hall–Kier alpha value is -0.410. The molecular formula is C13H19BrN2. The predicted molar refractivity (Wildman–Crippen MR) is 70.2 cm³/mol. The number of aromatic nitrogens is 1. The van der Waals surface area contributed by atoms with Gasteiger partial charge in [-0.05, 0) is 52.7 Å². The average Bonchev–Trinajstić information content (AvgIpc) is 3.02. The first-order valence-electron chi connectivity index (χ1n) is 6.05. The fourth-order valence-electron chi connectivity index (χ4n) is 2.19. The van der Waals surface area contributed by atoms with Crippen LogP contribution >= 0.6 is 15.9 Å². The molecule has 0 aromatic carbocycles. The minimum Gasteiger partial charge on any atom is -0.311 e. The summed E-state index contributed by atoms with van der Waals surface area (Å²) in [5, 5.41) is 3.53. The minimum absolute atomic E-state index is 0.629. The third-order valence-electron chi connectivity index (χ3n) is 3.33. The molecule has 0 aliphatic heterocycles. The fourth-order valence-corrected chi connectivity index (χ4v) is 2.42. The largest absolute Gasteiger partial charge is 0.311 e. The molecule has 2 nitrogen and oxygen atoms in total. The Kier molecular flexibility index (Phi) is 3.98. The monoisotopic (exact) mass is 282 g/mol. The summed E-state index contributed by atoms with van der Waals surface area (Å²) in [7, 11) is 0. The van der Waals surface area contributed by atoms with Crippen LogP contribution in [0.1, 0.15) is 38.3 Å². The van der Waals surface area contributed by atoms with Crippen molar-refractivity contribution in [3.63, 3.8) is 0 Å². The molecule has 2 rings (SSSR count). The van der Waals surface area contributed by atoms with E-state index in [1.807, 2.05) is 12.3 Å². The summed E-state index contributed by atoms with van der Waals surface area (Å²) in [4.78, 5) is 4.35. The number of hydrogen-bond donors (Lipinski definition) is 1. The highest BCUT2D eigenvalue weighted by molar-refractivity contribution is 9.10. The lowest BCUT2D eigenvalue weighted by Gasteiger charge is -2.14. The number of rotatable bonds is 6. The van der Waals surface area contributed by atoms with Crippen LogP contribution in [0.4, 0.5) is 0 Å². The van der Waals surface area contributed by atoms with Crippen molar-refractivity contribution in [3.05, 3.63) is 28.5 Å². The van der Waals surface area contributed by atoms with Crippen LogP contribution in [0, 0.1) is 5.41 Å². The first-order valence-corrected chi connectivity index (χ1v) is 6.85. The molecule has 1 aromatic rings. The highest BCUT2D eigenvalue weighted by Crippen LogP contribution is 2.48. The van der Waals surface area contributed by atoms with Crippen molar-refractivity contribution in [2.45, 2.75) is 39.2 Å². The zero-order chi connectivity index (χ0) is 11.4. The van der Waals surface area contributed by atoms with E-state index in [1.54, 1.807) is 0 Å². The van der Waals surface area contributed by atoms with Gasteiger partial charge >= 0.3 is 0 Å². The molecule has 1 heterocycles. The van der Waals surface area contributed by atoms with E-state index in [0.717, 1.165) is 23.3 Å². The molecule has 1 aromatic heterocycles. The normalized spacial score (nSPS) is 17.4. The Morgan fingerprint density at radius 3 is 2.81 bits per heavy atom. The summed E-state index contributed by atoms with van der Waals surface area (Å²) in [5.74, 6) is 0. The number of pyridine rings is 1. The standard InChI is InChI=1S/C13H19BrN2/c1-2-5-13(6-7-13)10-15-9-12-4-3-11(14)8-16-12/h3-4,8,15H,2,5-7,9-10H2,1H3. The maximum atomic E-state index is 4.35. The van der Waals surface area contributed by atoms with Gasteiger partial charge in [0.1, 0.15) is 0 Å². The summed E-state index contributed by atoms with van der Waals surface area (Å²) in [6.07, 6.45) is 7.34. The van der Waals surface area contributed by atoms with Crippen molar-refractivity contribution in [3.8, 4) is 0 Å². The van der Waals surface area contributed by atoms with E-state index in [2.05, 4.69) is 39.2 Å². The van der Waals surface area contributed by atoms with Crippen LogP contribution in [0.2, 0.25) is 0 Å². The van der Waals surface area contributed by atoms with Gasteiger partial charge in [-0.2, -0.15) is 0 Å². The van der Waals surface area contributed by atoms with Gasteiger partial charge in [-0.25, -0.2) is 0 Å². The first kappa shape index (κ1) is 12.1. The molecule has 0 unspecified atom stereocenters. The Balaban J connectivity index is 1.74. The van der Waals surface area contributed by atoms with E-state index in [-0.39, 0.29) is 0 Å². The second kappa shape index (κ2) is 5.28. The lowest BCUT2D eigenvalue weighted by Crippen LogP contribution is -2.23. The fraction of sp³-hybridized carbons (Fsp3) is 0.615. The Morgan fingerprint density at radius 1 is 1.44 bits per heavy atom. The molecule has 0 bridgehead atoms. The molecule has 3 heteroatoms. The van der Waals surface area contributed by atoms with Crippen LogP contribution in [0.5, 0.6) is 0 Å². The summed E-state index contributed by atoms with van der Waals surface area (Å²) in [6, 6.07) is 4.11. The molecule has 1 aliphatic carbocycles. The van der Waals surface area contributed by atoms with Gasteiger partial charge in [0.25, 0.3) is 0 Å². The molecule has 0 spiro atoms. The van der Waals surface area contributed by atoms with Crippen LogP contribution < -0.4 is 5.32 Å². The van der Waals surface area contributed by atoms with Crippen LogP contribution in [-0.4, -0.2) is 11.5 Å². The van der Waals surface area contributed by atoms with Gasteiger partial charge in [-0.15, -0.1) is 0 Å². The van der Waals surface area contributed by atoms with Crippen molar-refractivity contribution in [2.75, 3.05) is 6.54 Å². The molecule has 1 fully saturated rings. The summed E-state index contributed by atoms with van der Waals surface area (Å²) >= 11 is 3.39. The molecule has 16 heavy (non-hydrogen) atoms. The van der Waals surface area contributed by atoms with Gasteiger partial charge in [0.05, 0.1) is 5.69 Å². The van der Waals surface area contributed by atoms with Gasteiger partial charge in [0.15, 0.2) is 0 Å². The predicted octanol–water partition coefficient (Wildman–Crippen LogP) is 3.51. The van der Waals surface area contributed by atoms with Crippen LogP contribution in [0.3, 0.4) is 0 Å². The third-order valence-corrected chi connectivity index (χ3v) is 3.80. The van der Waals surface area contributed by atoms with Crippen molar-refractivity contribution in [1.29, 1.82) is 0 Å². The van der Waals surface area contributed by atoms with Crippen LogP contribution in [0.25, 0.3) is 0 Å². The van der Waals surface area contributed by atoms with E-state index in [1.165, 1.54) is 25.7 Å². The van der Waals surface area contributed by atoms with Crippen molar-refractivity contribution in [2.24, 2.45) is 5.41 Å². The van der Waals surface area contributed by atoms with E-state index in [9.17, 15) is 0 Å². The molecular weight excluding hydrogens is 264 g/mol. The molecule has 0 atom stereocenters. The minimum atomic E-state index is 0.629. The highest BCUT2D eigenvalue weighted by Gasteiger charge is 2.40. The van der Waals surface area contributed by atoms with Crippen LogP contribution in [-0.2, 0) is 6.54 Å². The number of hydrogen-bond acceptors (Lipinski definition) is 2. The molecule has 88 valence electrons. The van der Waals surface area contributed by atoms with Gasteiger partial charge in [-0.1, -0.05) is 13.3 Å². The third kappa shape index (κ3) is 3.29. The smallest absolute Gasteiger partial charge is 0.0542 e. The lowest BCUT2D eigenvalue weighted by atomic mass is 10.0. The van der Waals surface area contributed by atoms with E-state index >= 15 is 0 Å². The van der Waals surface area contributed by atoms with E-state index < -0.39 is 0 Å². The van der Waals surface area contributed by atoms with Crippen molar-refractivity contribution in [1.82, 2.24) is 10.3 Å². The first-order chi connectivity index (χ1) is 7.74. The number of nitrogens with one attached hydrogen (secondary N) is 1. The summed E-state index contributed by atoms with van der Waals surface area (Å²) < 4.78 is 1.04. The second-order valence-corrected chi connectivity index (χ2v) is 5.74. The van der Waals surface area contributed by atoms with Gasteiger partial charge in [-0.3, -0.25) is 4.98 Å². The Morgan fingerprint density at radius 2 is 2.25 bits per heavy atom. The second-order valence-electron chi connectivity index (χ2n) is 4.82. The van der Waals surface area contributed by atoms with Gasteiger partial charge < -0.3 is 5.32 Å². The summed E-state index contributed by atoms with van der Waals surface area (Å²) in [5.41, 5.74) is 1.75. The molecule has 1 aliphatic rings. The lowest BCUT2D eigenvalue weighted by molar-refractivity contribution is 0.419. The van der Waals surface area contributed by atoms with E-state index in [0.29, 0.717) is 5.41 Å². The average molecular weight is 283 g/mol. The maximum absolute atomic E-state index is 4.35. The van der Waals surface area contributed by atoms with Crippen molar-refractivity contribution < 1.29 is 0 Å². The molecule has 0 amide bonds. The molecule has 1 saturated carbocycles. The molecule has 0 radical (unpaired) electrons. The maximum Gasteiger partial charge on any atom is 0.0542 e. The topological polar surface area (TPSA) is 24.9 Å². The summed E-state index contributed by atoms with van der Waals surface area (Å²) in [6.45, 7) is 4.31. The number of nitrogens with zero attached hydrogens (tertiary/aromatic N) is 1. The van der Waals surface area contributed by atoms with E-state index in [4.69, 9.17) is 0 Å². The highest BCUT2D eigenvalue weighted by atomic mass is 79.9. The molecule has 1 N–H and O–H groups in total. The number of halogens is 1. The quantitative estimate of drug-likeness (QED) is 0.864.